The number of sulfonamides is 1. The van der Waals surface area contributed by atoms with Gasteiger partial charge < -0.3 is 19.5 Å². The van der Waals surface area contributed by atoms with Crippen molar-refractivity contribution < 1.29 is 22.6 Å². The van der Waals surface area contributed by atoms with Gasteiger partial charge in [-0.1, -0.05) is 0 Å². The molecule has 10 heteroatoms. The predicted molar refractivity (Wildman–Crippen MR) is 94.5 cm³/mol. The number of benzene rings is 1. The van der Waals surface area contributed by atoms with Crippen LogP contribution < -0.4 is 24.2 Å². The lowest BCUT2D eigenvalue weighted by Crippen LogP contribution is -2.15. The zero-order valence-corrected chi connectivity index (χ0v) is 15.2. The van der Waals surface area contributed by atoms with Crippen LogP contribution in [0, 0.1) is 0 Å². The standard InChI is InChI=1S/C15H20N4O5S/c1-5-25(20,21)19-14-7-6-13(17-18-14)16-10-8-11(22-2)15(24-4)12(9-10)23-3/h6-9H,5H2,1-4H3,(H,16,17)(H,18,19). The van der Waals surface area contributed by atoms with E-state index < -0.39 is 10.0 Å². The van der Waals surface area contributed by atoms with Crippen molar-refractivity contribution in [2.45, 2.75) is 6.92 Å². The summed E-state index contributed by atoms with van der Waals surface area (Å²) < 4.78 is 41.2. The molecule has 2 rings (SSSR count). The maximum atomic E-state index is 11.5. The number of aromatic nitrogens is 2. The fourth-order valence-electron chi connectivity index (χ4n) is 1.99. The van der Waals surface area contributed by atoms with Crippen molar-refractivity contribution in [1.82, 2.24) is 10.2 Å². The van der Waals surface area contributed by atoms with E-state index in [0.717, 1.165) is 0 Å². The van der Waals surface area contributed by atoms with Gasteiger partial charge in [0.2, 0.25) is 15.8 Å². The molecule has 0 spiro atoms. The highest BCUT2D eigenvalue weighted by Gasteiger charge is 2.14. The summed E-state index contributed by atoms with van der Waals surface area (Å²) in [6.07, 6.45) is 0. The minimum atomic E-state index is -3.39. The molecule has 2 N–H and O–H groups in total. The van der Waals surface area contributed by atoms with E-state index in [2.05, 4.69) is 20.2 Å². The fourth-order valence-corrected chi connectivity index (χ4v) is 2.56. The van der Waals surface area contributed by atoms with Gasteiger partial charge in [0, 0.05) is 17.8 Å². The second-order valence-corrected chi connectivity index (χ2v) is 6.86. The number of ether oxygens (including phenoxy) is 3. The van der Waals surface area contributed by atoms with Gasteiger partial charge in [0.15, 0.2) is 23.1 Å². The lowest BCUT2D eigenvalue weighted by molar-refractivity contribution is 0.324. The van der Waals surface area contributed by atoms with Crippen LogP contribution in [0.1, 0.15) is 6.92 Å². The van der Waals surface area contributed by atoms with E-state index in [4.69, 9.17) is 14.2 Å². The number of nitrogens with one attached hydrogen (secondary N) is 2. The van der Waals surface area contributed by atoms with E-state index in [1.807, 2.05) is 0 Å². The van der Waals surface area contributed by atoms with E-state index in [-0.39, 0.29) is 11.6 Å². The molecule has 1 aromatic carbocycles. The Kier molecular flexibility index (Phi) is 5.86. The molecule has 0 saturated heterocycles. The van der Waals surface area contributed by atoms with Crippen molar-refractivity contribution in [2.75, 3.05) is 37.1 Å². The summed E-state index contributed by atoms with van der Waals surface area (Å²) in [5.41, 5.74) is 0.644. The number of rotatable bonds is 8. The van der Waals surface area contributed by atoms with E-state index in [1.165, 1.54) is 34.3 Å². The molecule has 9 nitrogen and oxygen atoms in total. The first kappa shape index (κ1) is 18.6. The van der Waals surface area contributed by atoms with Crippen molar-refractivity contribution in [3.8, 4) is 17.2 Å². The number of nitrogens with zero attached hydrogens (tertiary/aromatic N) is 2. The zero-order chi connectivity index (χ0) is 18.4. The Morgan fingerprint density at radius 1 is 0.960 bits per heavy atom. The third-order valence-corrected chi connectivity index (χ3v) is 4.52. The summed E-state index contributed by atoms with van der Waals surface area (Å²) in [5.74, 6) is 1.99. The first-order valence-electron chi connectivity index (χ1n) is 7.33. The normalized spacial score (nSPS) is 10.9. The van der Waals surface area contributed by atoms with E-state index in [1.54, 1.807) is 18.2 Å². The average molecular weight is 368 g/mol. The van der Waals surface area contributed by atoms with Crippen LogP contribution in [0.4, 0.5) is 17.3 Å². The highest BCUT2D eigenvalue weighted by atomic mass is 32.2. The molecule has 0 amide bonds. The summed E-state index contributed by atoms with van der Waals surface area (Å²) in [6.45, 7) is 1.54. The molecular weight excluding hydrogens is 348 g/mol. The Bertz CT molecular complexity index is 799. The molecule has 0 aliphatic heterocycles. The van der Waals surface area contributed by atoms with Gasteiger partial charge >= 0.3 is 0 Å². The van der Waals surface area contributed by atoms with Gasteiger partial charge in [-0.15, -0.1) is 10.2 Å². The molecule has 25 heavy (non-hydrogen) atoms. The molecule has 0 radical (unpaired) electrons. The highest BCUT2D eigenvalue weighted by Crippen LogP contribution is 2.40. The van der Waals surface area contributed by atoms with Crippen molar-refractivity contribution in [1.29, 1.82) is 0 Å². The largest absolute Gasteiger partial charge is 0.493 e. The Hall–Kier alpha value is -2.75. The predicted octanol–water partition coefficient (Wildman–Crippen LogP) is 2.01. The molecule has 136 valence electrons. The lowest BCUT2D eigenvalue weighted by Gasteiger charge is -2.14. The summed E-state index contributed by atoms with van der Waals surface area (Å²) >= 11 is 0. The van der Waals surface area contributed by atoms with Crippen molar-refractivity contribution in [2.24, 2.45) is 0 Å². The molecule has 0 aliphatic rings. The first-order valence-corrected chi connectivity index (χ1v) is 8.99. The number of hydrogen-bond acceptors (Lipinski definition) is 8. The van der Waals surface area contributed by atoms with E-state index in [0.29, 0.717) is 28.8 Å². The van der Waals surface area contributed by atoms with Gasteiger partial charge in [0.1, 0.15) is 0 Å². The van der Waals surface area contributed by atoms with Crippen LogP contribution in [0.3, 0.4) is 0 Å². The third kappa shape index (κ3) is 4.63. The monoisotopic (exact) mass is 368 g/mol. The van der Waals surface area contributed by atoms with Crippen LogP contribution in [-0.2, 0) is 10.0 Å². The van der Waals surface area contributed by atoms with Crippen LogP contribution in [0.2, 0.25) is 0 Å². The molecule has 2 aromatic rings. The highest BCUT2D eigenvalue weighted by molar-refractivity contribution is 7.92. The maximum Gasteiger partial charge on any atom is 0.233 e. The van der Waals surface area contributed by atoms with Gasteiger partial charge in [0.25, 0.3) is 0 Å². The van der Waals surface area contributed by atoms with Gasteiger partial charge in [0.05, 0.1) is 27.1 Å². The number of methoxy groups -OCH3 is 3. The van der Waals surface area contributed by atoms with E-state index >= 15 is 0 Å². The van der Waals surface area contributed by atoms with Crippen LogP contribution in [0.25, 0.3) is 0 Å². The average Bonchev–Trinajstić information content (AvgIpc) is 2.62. The molecule has 0 bridgehead atoms. The first-order chi connectivity index (χ1) is 11.9. The summed E-state index contributed by atoms with van der Waals surface area (Å²) in [5, 5.41) is 10.8. The van der Waals surface area contributed by atoms with Gasteiger partial charge in [-0.05, 0) is 19.1 Å². The van der Waals surface area contributed by atoms with E-state index in [9.17, 15) is 8.42 Å². The molecule has 0 atom stereocenters. The minimum absolute atomic E-state index is 0.0415. The third-order valence-electron chi connectivity index (χ3n) is 3.24. The molecule has 1 aromatic heterocycles. The number of hydrogen-bond donors (Lipinski definition) is 2. The minimum Gasteiger partial charge on any atom is -0.493 e. The zero-order valence-electron chi connectivity index (χ0n) is 14.4. The molecule has 1 heterocycles. The molecule has 0 aliphatic carbocycles. The maximum absolute atomic E-state index is 11.5. The lowest BCUT2D eigenvalue weighted by atomic mass is 10.2. The second-order valence-electron chi connectivity index (χ2n) is 4.85. The van der Waals surface area contributed by atoms with Gasteiger partial charge in [-0.25, -0.2) is 8.42 Å². The summed E-state index contributed by atoms with van der Waals surface area (Å²) in [4.78, 5) is 0. The number of anilines is 3. The second kappa shape index (κ2) is 7.88. The Morgan fingerprint density at radius 3 is 1.96 bits per heavy atom. The van der Waals surface area contributed by atoms with Crippen LogP contribution >= 0.6 is 0 Å². The Labute approximate surface area is 146 Å². The Balaban J connectivity index is 2.22. The van der Waals surface area contributed by atoms with Crippen LogP contribution in [-0.4, -0.2) is 45.7 Å². The summed E-state index contributed by atoms with van der Waals surface area (Å²) in [7, 11) is 1.18. The molecule has 0 fully saturated rings. The Morgan fingerprint density at radius 2 is 1.52 bits per heavy atom. The van der Waals surface area contributed by atoms with Crippen molar-refractivity contribution in [3.63, 3.8) is 0 Å². The molecule has 0 saturated carbocycles. The van der Waals surface area contributed by atoms with Crippen molar-refractivity contribution >= 4 is 27.3 Å². The van der Waals surface area contributed by atoms with Crippen molar-refractivity contribution in [3.05, 3.63) is 24.3 Å². The summed E-state index contributed by atoms with van der Waals surface area (Å²) in [6, 6.07) is 6.55. The van der Waals surface area contributed by atoms with Gasteiger partial charge in [-0.3, -0.25) is 4.72 Å². The van der Waals surface area contributed by atoms with Crippen LogP contribution in [0.15, 0.2) is 24.3 Å². The smallest absolute Gasteiger partial charge is 0.233 e. The topological polar surface area (TPSA) is 112 Å². The molecular formula is C15H20N4O5S. The van der Waals surface area contributed by atoms with Gasteiger partial charge in [-0.2, -0.15) is 0 Å². The molecule has 0 unspecified atom stereocenters. The van der Waals surface area contributed by atoms with Crippen LogP contribution in [0.5, 0.6) is 17.2 Å². The fraction of sp³-hybridized carbons (Fsp3) is 0.333. The quantitative estimate of drug-likeness (QED) is 0.728. The SMILES string of the molecule is CCS(=O)(=O)Nc1ccc(Nc2cc(OC)c(OC)c(OC)c2)nn1.